The van der Waals surface area contributed by atoms with Crippen LogP contribution in [0.25, 0.3) is 11.2 Å². The number of aryl methyl sites for hydroxylation is 1. The van der Waals surface area contributed by atoms with E-state index >= 15 is 0 Å². The van der Waals surface area contributed by atoms with Gasteiger partial charge in [-0.3, -0.25) is 0 Å². The van der Waals surface area contributed by atoms with Crippen LogP contribution in [-0.4, -0.2) is 27.6 Å². The van der Waals surface area contributed by atoms with Gasteiger partial charge in [0.05, 0.1) is 17.9 Å². The van der Waals surface area contributed by atoms with Gasteiger partial charge in [0.1, 0.15) is 5.52 Å². The summed E-state index contributed by atoms with van der Waals surface area (Å²) in [6, 6.07) is 0. The molecule has 0 aliphatic heterocycles. The minimum atomic E-state index is -0.700. The smallest absolute Gasteiger partial charge is 0.358 e. The zero-order chi connectivity index (χ0) is 11.9. The summed E-state index contributed by atoms with van der Waals surface area (Å²) in [7, 11) is 2.87. The number of aromatic nitrogens is 3. The van der Waals surface area contributed by atoms with Gasteiger partial charge in [-0.05, 0) is 15.9 Å². The zero-order valence-electron chi connectivity index (χ0n) is 8.49. The Balaban J connectivity index is 2.81. The molecule has 0 aliphatic rings. The van der Waals surface area contributed by atoms with E-state index in [-0.39, 0.29) is 15.7 Å². The molecule has 0 N–H and O–H groups in total. The van der Waals surface area contributed by atoms with Crippen LogP contribution < -0.4 is 0 Å². The lowest BCUT2D eigenvalue weighted by atomic mass is 10.3. The van der Waals surface area contributed by atoms with E-state index in [4.69, 9.17) is 0 Å². The van der Waals surface area contributed by atoms with Crippen molar-refractivity contribution in [3.8, 4) is 0 Å². The Kier molecular flexibility index (Phi) is 2.63. The number of pyridine rings is 1. The molecule has 0 saturated heterocycles. The third-order valence-electron chi connectivity index (χ3n) is 2.11. The van der Waals surface area contributed by atoms with E-state index in [9.17, 15) is 9.18 Å². The van der Waals surface area contributed by atoms with Crippen molar-refractivity contribution >= 4 is 33.1 Å². The molecule has 5 nitrogen and oxygen atoms in total. The Bertz CT molecular complexity index is 582. The number of esters is 1. The molecule has 84 valence electrons. The second-order valence-electron chi connectivity index (χ2n) is 3.11. The van der Waals surface area contributed by atoms with E-state index in [0.717, 1.165) is 0 Å². The SMILES string of the molecule is COC(=O)c1nc2c(ncn2C)c(F)c1Br. The molecule has 0 aliphatic carbocycles. The first kappa shape index (κ1) is 11.0. The number of methoxy groups -OCH3 is 1. The predicted molar refractivity (Wildman–Crippen MR) is 57.5 cm³/mol. The number of carbonyl (C=O) groups excluding carboxylic acids is 1. The van der Waals surface area contributed by atoms with E-state index in [1.807, 2.05) is 0 Å². The summed E-state index contributed by atoms with van der Waals surface area (Å²) in [5.74, 6) is -1.32. The number of carbonyl (C=O) groups is 1. The van der Waals surface area contributed by atoms with Crippen LogP contribution in [0.15, 0.2) is 10.8 Å². The van der Waals surface area contributed by atoms with Crippen molar-refractivity contribution in [3.05, 3.63) is 22.3 Å². The number of hydrogen-bond donors (Lipinski definition) is 0. The highest BCUT2D eigenvalue weighted by molar-refractivity contribution is 9.10. The zero-order valence-corrected chi connectivity index (χ0v) is 10.1. The van der Waals surface area contributed by atoms with Crippen molar-refractivity contribution < 1.29 is 13.9 Å². The quantitative estimate of drug-likeness (QED) is 0.749. The van der Waals surface area contributed by atoms with Gasteiger partial charge in [-0.2, -0.15) is 0 Å². The molecular weight excluding hydrogens is 281 g/mol. The van der Waals surface area contributed by atoms with Crippen LogP contribution in [0.3, 0.4) is 0 Å². The minimum Gasteiger partial charge on any atom is -0.464 e. The van der Waals surface area contributed by atoms with Crippen LogP contribution in [0.4, 0.5) is 4.39 Å². The maximum absolute atomic E-state index is 13.8. The number of nitrogens with zero attached hydrogens (tertiary/aromatic N) is 3. The number of halogens is 2. The molecule has 2 rings (SSSR count). The van der Waals surface area contributed by atoms with Gasteiger partial charge in [0.15, 0.2) is 17.2 Å². The van der Waals surface area contributed by atoms with E-state index in [1.54, 1.807) is 7.05 Å². The van der Waals surface area contributed by atoms with Crippen molar-refractivity contribution in [2.75, 3.05) is 7.11 Å². The fourth-order valence-electron chi connectivity index (χ4n) is 1.31. The summed E-state index contributed by atoms with van der Waals surface area (Å²) in [4.78, 5) is 19.2. The molecule has 2 heterocycles. The van der Waals surface area contributed by atoms with Gasteiger partial charge in [-0.15, -0.1) is 0 Å². The summed E-state index contributed by atoms with van der Waals surface area (Å²) in [6.45, 7) is 0. The largest absolute Gasteiger partial charge is 0.464 e. The van der Waals surface area contributed by atoms with Gasteiger partial charge < -0.3 is 9.30 Å². The maximum Gasteiger partial charge on any atom is 0.358 e. The lowest BCUT2D eigenvalue weighted by Crippen LogP contribution is -2.08. The second-order valence-corrected chi connectivity index (χ2v) is 3.90. The lowest BCUT2D eigenvalue weighted by Gasteiger charge is -2.03. The predicted octanol–water partition coefficient (Wildman–Crippen LogP) is 1.66. The first-order valence-electron chi connectivity index (χ1n) is 4.30. The number of hydrogen-bond acceptors (Lipinski definition) is 4. The second kappa shape index (κ2) is 3.82. The van der Waals surface area contributed by atoms with E-state index < -0.39 is 11.8 Å². The molecule has 0 atom stereocenters. The molecule has 0 fully saturated rings. The van der Waals surface area contributed by atoms with E-state index in [0.29, 0.717) is 5.65 Å². The van der Waals surface area contributed by atoms with Crippen LogP contribution in [0, 0.1) is 5.82 Å². The fourth-order valence-corrected chi connectivity index (χ4v) is 1.74. The molecule has 0 saturated carbocycles. The molecule has 0 spiro atoms. The highest BCUT2D eigenvalue weighted by Crippen LogP contribution is 2.25. The van der Waals surface area contributed by atoms with E-state index in [1.165, 1.54) is 18.0 Å². The molecule has 2 aromatic rings. The molecule has 16 heavy (non-hydrogen) atoms. The van der Waals surface area contributed by atoms with Crippen molar-refractivity contribution in [1.29, 1.82) is 0 Å². The first-order chi connectivity index (χ1) is 7.56. The standard InChI is InChI=1S/C9H7BrFN3O2/c1-14-3-12-7-5(11)4(10)6(9(15)16-2)13-8(7)14/h3H,1-2H3. The van der Waals surface area contributed by atoms with Crippen molar-refractivity contribution in [2.45, 2.75) is 0 Å². The fraction of sp³-hybridized carbons (Fsp3) is 0.222. The Morgan fingerprint density at radius 3 is 2.94 bits per heavy atom. The van der Waals surface area contributed by atoms with Gasteiger partial charge in [0.25, 0.3) is 0 Å². The molecular formula is C9H7BrFN3O2. The molecule has 0 unspecified atom stereocenters. The Hall–Kier alpha value is -1.50. The van der Waals surface area contributed by atoms with Gasteiger partial charge in [-0.25, -0.2) is 19.2 Å². The van der Waals surface area contributed by atoms with Crippen molar-refractivity contribution in [1.82, 2.24) is 14.5 Å². The average Bonchev–Trinajstić information content (AvgIpc) is 2.64. The van der Waals surface area contributed by atoms with Crippen molar-refractivity contribution in [3.63, 3.8) is 0 Å². The van der Waals surface area contributed by atoms with E-state index in [2.05, 4.69) is 30.6 Å². The Morgan fingerprint density at radius 2 is 2.31 bits per heavy atom. The number of rotatable bonds is 1. The maximum atomic E-state index is 13.8. The summed E-state index contributed by atoms with van der Waals surface area (Å²) in [6.07, 6.45) is 1.42. The van der Waals surface area contributed by atoms with Gasteiger partial charge >= 0.3 is 5.97 Å². The average molecular weight is 288 g/mol. The van der Waals surface area contributed by atoms with Crippen molar-refractivity contribution in [2.24, 2.45) is 7.05 Å². The molecule has 0 bridgehead atoms. The summed E-state index contributed by atoms with van der Waals surface area (Å²) >= 11 is 2.96. The third-order valence-corrected chi connectivity index (χ3v) is 2.83. The van der Waals surface area contributed by atoms with Gasteiger partial charge in [-0.1, -0.05) is 0 Å². The topological polar surface area (TPSA) is 57.0 Å². The van der Waals surface area contributed by atoms with Gasteiger partial charge in [0, 0.05) is 7.05 Å². The monoisotopic (exact) mass is 287 g/mol. The highest BCUT2D eigenvalue weighted by Gasteiger charge is 2.21. The first-order valence-corrected chi connectivity index (χ1v) is 5.10. The number of fused-ring (bicyclic) bond motifs is 1. The third kappa shape index (κ3) is 1.47. The molecule has 7 heteroatoms. The molecule has 0 amide bonds. The Labute approximate surface area is 98.4 Å². The molecule has 0 radical (unpaired) electrons. The normalized spacial score (nSPS) is 10.8. The molecule has 2 aromatic heterocycles. The molecule has 0 aromatic carbocycles. The van der Waals surface area contributed by atoms with Crippen LogP contribution in [0.5, 0.6) is 0 Å². The highest BCUT2D eigenvalue weighted by atomic mass is 79.9. The summed E-state index contributed by atoms with van der Waals surface area (Å²) in [5.41, 5.74) is 0.305. The van der Waals surface area contributed by atoms with Crippen LogP contribution in [0.1, 0.15) is 10.5 Å². The van der Waals surface area contributed by atoms with Crippen LogP contribution in [0.2, 0.25) is 0 Å². The Morgan fingerprint density at radius 1 is 1.62 bits per heavy atom. The van der Waals surface area contributed by atoms with Crippen LogP contribution in [-0.2, 0) is 11.8 Å². The van der Waals surface area contributed by atoms with Gasteiger partial charge in [0.2, 0.25) is 0 Å². The number of ether oxygens (including phenoxy) is 1. The summed E-state index contributed by atoms with van der Waals surface area (Å²) in [5, 5.41) is 0. The van der Waals surface area contributed by atoms with Crippen LogP contribution >= 0.6 is 15.9 Å². The number of imidazole rings is 1. The lowest BCUT2D eigenvalue weighted by molar-refractivity contribution is 0.0592. The minimum absolute atomic E-state index is 0.0365. The summed E-state index contributed by atoms with van der Waals surface area (Å²) < 4.78 is 19.8.